The Labute approximate surface area is 103 Å². The van der Waals surface area contributed by atoms with Crippen LogP contribution in [-0.2, 0) is 0 Å². The first-order chi connectivity index (χ1) is 8.13. The maximum absolute atomic E-state index is 13.4. The van der Waals surface area contributed by atoms with Crippen molar-refractivity contribution in [3.63, 3.8) is 0 Å². The van der Waals surface area contributed by atoms with Crippen LogP contribution in [0.25, 0.3) is 22.6 Å². The van der Waals surface area contributed by atoms with Crippen LogP contribution in [0.5, 0.6) is 0 Å². The summed E-state index contributed by atoms with van der Waals surface area (Å²) in [4.78, 5) is 6.83. The Morgan fingerprint density at radius 3 is 2.76 bits per heavy atom. The van der Waals surface area contributed by atoms with E-state index in [1.165, 1.54) is 6.07 Å². The molecule has 3 nitrogen and oxygen atoms in total. The minimum Gasteiger partial charge on any atom is -0.446 e. The quantitative estimate of drug-likeness (QED) is 0.741. The van der Waals surface area contributed by atoms with E-state index in [0.717, 1.165) is 6.07 Å². The first-order valence-electron chi connectivity index (χ1n) is 4.74. The highest BCUT2D eigenvalue weighted by atomic mass is 79.9. The van der Waals surface area contributed by atoms with Crippen LogP contribution in [0.15, 0.2) is 33.4 Å². The van der Waals surface area contributed by atoms with E-state index in [2.05, 4.69) is 25.9 Å². The maximum atomic E-state index is 13.4. The van der Waals surface area contributed by atoms with Crippen LogP contribution in [-0.4, -0.2) is 9.97 Å². The number of rotatable bonds is 1. The summed E-state index contributed by atoms with van der Waals surface area (Å²) in [6.45, 7) is 0. The van der Waals surface area contributed by atoms with Crippen LogP contribution in [0.1, 0.15) is 0 Å². The summed E-state index contributed by atoms with van der Waals surface area (Å²) in [5.74, 6) is -0.540. The molecule has 86 valence electrons. The number of halogens is 3. The number of imidazole rings is 1. The lowest BCUT2D eigenvalue weighted by molar-refractivity contribution is 0.552. The van der Waals surface area contributed by atoms with Gasteiger partial charge in [0.25, 0.3) is 0 Å². The first kappa shape index (κ1) is 10.5. The fourth-order valence-corrected chi connectivity index (χ4v) is 1.91. The highest BCUT2D eigenvalue weighted by Gasteiger charge is 2.13. The molecule has 0 unspecified atom stereocenters. The van der Waals surface area contributed by atoms with Crippen molar-refractivity contribution < 1.29 is 13.2 Å². The van der Waals surface area contributed by atoms with E-state index >= 15 is 0 Å². The topological polar surface area (TPSA) is 41.8 Å². The molecule has 1 N–H and O–H groups in total. The van der Waals surface area contributed by atoms with Crippen molar-refractivity contribution in [2.75, 3.05) is 0 Å². The summed E-state index contributed by atoms with van der Waals surface area (Å²) in [6, 6.07) is 5.35. The number of H-pyrrole nitrogens is 1. The lowest BCUT2D eigenvalue weighted by Gasteiger charge is -1.90. The molecular formula is C11H5BrF2N2O. The van der Waals surface area contributed by atoms with Gasteiger partial charge in [-0.3, -0.25) is 0 Å². The van der Waals surface area contributed by atoms with Gasteiger partial charge in [-0.05, 0) is 34.1 Å². The molecule has 0 aliphatic heterocycles. The Morgan fingerprint density at radius 2 is 2.06 bits per heavy atom. The fraction of sp³-hybridized carbons (Fsp3) is 0. The number of nitrogens with zero attached hydrogens (tertiary/aromatic N) is 1. The molecule has 3 aromatic rings. The van der Waals surface area contributed by atoms with Gasteiger partial charge in [-0.25, -0.2) is 13.8 Å². The normalized spacial score (nSPS) is 11.2. The summed E-state index contributed by atoms with van der Waals surface area (Å²) < 4.78 is 32.2. The highest BCUT2D eigenvalue weighted by Crippen LogP contribution is 2.26. The fourth-order valence-electron chi connectivity index (χ4n) is 1.60. The van der Waals surface area contributed by atoms with Crippen LogP contribution in [0.3, 0.4) is 0 Å². The Hall–Kier alpha value is -1.69. The lowest BCUT2D eigenvalue weighted by atomic mass is 10.3. The molecule has 0 saturated heterocycles. The Kier molecular flexibility index (Phi) is 2.25. The summed E-state index contributed by atoms with van der Waals surface area (Å²) in [6.07, 6.45) is 0. The molecule has 0 atom stereocenters. The zero-order valence-electron chi connectivity index (χ0n) is 8.30. The van der Waals surface area contributed by atoms with Crippen LogP contribution in [0.4, 0.5) is 8.78 Å². The minimum atomic E-state index is -0.701. The van der Waals surface area contributed by atoms with Gasteiger partial charge in [0.15, 0.2) is 22.1 Å². The predicted molar refractivity (Wildman–Crippen MR) is 61.4 cm³/mol. The van der Waals surface area contributed by atoms with Crippen molar-refractivity contribution in [2.24, 2.45) is 0 Å². The molecule has 0 aliphatic carbocycles. The Balaban J connectivity index is 2.23. The van der Waals surface area contributed by atoms with Gasteiger partial charge in [0, 0.05) is 6.07 Å². The SMILES string of the molecule is Fc1cc(F)c2nc(-c3ccc(Br)o3)[nH]c2c1. The molecule has 2 aromatic heterocycles. The van der Waals surface area contributed by atoms with Gasteiger partial charge in [-0.15, -0.1) is 0 Å². The van der Waals surface area contributed by atoms with Gasteiger partial charge in [0.1, 0.15) is 11.3 Å². The van der Waals surface area contributed by atoms with Gasteiger partial charge in [-0.2, -0.15) is 0 Å². The van der Waals surface area contributed by atoms with E-state index < -0.39 is 11.6 Å². The van der Waals surface area contributed by atoms with Crippen LogP contribution >= 0.6 is 15.9 Å². The van der Waals surface area contributed by atoms with Gasteiger partial charge in [0.05, 0.1) is 5.52 Å². The third-order valence-electron chi connectivity index (χ3n) is 2.31. The van der Waals surface area contributed by atoms with Gasteiger partial charge in [-0.1, -0.05) is 0 Å². The van der Waals surface area contributed by atoms with Gasteiger partial charge >= 0.3 is 0 Å². The average molecular weight is 299 g/mol. The zero-order chi connectivity index (χ0) is 12.0. The molecule has 0 radical (unpaired) electrons. The molecule has 0 aliphatic rings. The van der Waals surface area contributed by atoms with Crippen molar-refractivity contribution in [1.29, 1.82) is 0 Å². The molecule has 0 amide bonds. The Bertz CT molecular complexity index is 705. The average Bonchev–Trinajstić information content (AvgIpc) is 2.83. The van der Waals surface area contributed by atoms with Crippen LogP contribution in [0, 0.1) is 11.6 Å². The molecule has 0 bridgehead atoms. The third kappa shape index (κ3) is 1.74. The maximum Gasteiger partial charge on any atom is 0.174 e. The second kappa shape index (κ2) is 3.66. The second-order valence-electron chi connectivity index (χ2n) is 3.47. The summed E-state index contributed by atoms with van der Waals surface area (Å²) in [7, 11) is 0. The minimum absolute atomic E-state index is 0.0916. The molecule has 17 heavy (non-hydrogen) atoms. The van der Waals surface area contributed by atoms with E-state index in [9.17, 15) is 8.78 Å². The van der Waals surface area contributed by atoms with E-state index in [-0.39, 0.29) is 5.52 Å². The van der Waals surface area contributed by atoms with E-state index in [4.69, 9.17) is 4.42 Å². The first-order valence-corrected chi connectivity index (χ1v) is 5.53. The molecular weight excluding hydrogens is 294 g/mol. The number of fused-ring (bicyclic) bond motifs is 1. The van der Waals surface area contributed by atoms with E-state index in [1.807, 2.05) is 0 Å². The number of benzene rings is 1. The number of aromatic amines is 1. The van der Waals surface area contributed by atoms with Crippen molar-refractivity contribution >= 4 is 27.0 Å². The molecule has 3 rings (SSSR count). The van der Waals surface area contributed by atoms with E-state index in [0.29, 0.717) is 21.8 Å². The number of aromatic nitrogens is 2. The smallest absolute Gasteiger partial charge is 0.174 e. The summed E-state index contributed by atoms with van der Waals surface area (Å²) in [5.41, 5.74) is 0.388. The molecule has 1 aromatic carbocycles. The lowest BCUT2D eigenvalue weighted by Crippen LogP contribution is -1.81. The zero-order valence-corrected chi connectivity index (χ0v) is 9.88. The van der Waals surface area contributed by atoms with Crippen molar-refractivity contribution in [3.05, 3.63) is 40.6 Å². The van der Waals surface area contributed by atoms with Crippen molar-refractivity contribution in [1.82, 2.24) is 9.97 Å². The van der Waals surface area contributed by atoms with Crippen molar-refractivity contribution in [3.8, 4) is 11.6 Å². The number of furan rings is 1. The molecule has 0 fully saturated rings. The third-order valence-corrected chi connectivity index (χ3v) is 2.74. The molecule has 2 heterocycles. The summed E-state index contributed by atoms with van der Waals surface area (Å²) in [5, 5.41) is 0. The highest BCUT2D eigenvalue weighted by molar-refractivity contribution is 9.10. The number of nitrogens with one attached hydrogen (secondary N) is 1. The molecule has 0 saturated carbocycles. The molecule has 0 spiro atoms. The number of hydrogen-bond acceptors (Lipinski definition) is 2. The van der Waals surface area contributed by atoms with E-state index in [1.54, 1.807) is 12.1 Å². The largest absolute Gasteiger partial charge is 0.446 e. The monoisotopic (exact) mass is 298 g/mol. The summed E-state index contributed by atoms with van der Waals surface area (Å²) >= 11 is 3.16. The molecule has 6 heteroatoms. The standard InChI is InChI=1S/C11H5BrF2N2O/c12-9-2-1-8(17-9)11-15-7-4-5(13)3-6(14)10(7)16-11/h1-4H,(H,15,16). The predicted octanol–water partition coefficient (Wildman–Crippen LogP) is 3.86. The van der Waals surface area contributed by atoms with Crippen molar-refractivity contribution in [2.45, 2.75) is 0 Å². The Morgan fingerprint density at radius 1 is 1.24 bits per heavy atom. The second-order valence-corrected chi connectivity index (χ2v) is 4.25. The number of hydrogen-bond donors (Lipinski definition) is 1. The van der Waals surface area contributed by atoms with Gasteiger partial charge < -0.3 is 9.40 Å². The van der Waals surface area contributed by atoms with Crippen LogP contribution < -0.4 is 0 Å². The van der Waals surface area contributed by atoms with Crippen LogP contribution in [0.2, 0.25) is 0 Å². The van der Waals surface area contributed by atoms with Gasteiger partial charge in [0.2, 0.25) is 0 Å².